The molecule has 2 aromatic heterocycles. The maximum absolute atomic E-state index is 6.39. The molecule has 0 fully saturated rings. The van der Waals surface area contributed by atoms with Crippen molar-refractivity contribution in [2.45, 2.75) is 0 Å². The lowest BCUT2D eigenvalue weighted by Crippen LogP contribution is -1.95. The van der Waals surface area contributed by atoms with Gasteiger partial charge in [-0.15, -0.1) is 0 Å². The van der Waals surface area contributed by atoms with Gasteiger partial charge in [0, 0.05) is 21.5 Å². The van der Waals surface area contributed by atoms with E-state index in [2.05, 4.69) is 243 Å². The van der Waals surface area contributed by atoms with Crippen molar-refractivity contribution in [3.8, 4) is 55.6 Å². The van der Waals surface area contributed by atoms with E-state index in [1.165, 1.54) is 109 Å². The van der Waals surface area contributed by atoms with Crippen LogP contribution in [0.25, 0.3) is 164 Å². The molecule has 0 amide bonds. The van der Waals surface area contributed by atoms with Crippen molar-refractivity contribution in [1.29, 1.82) is 0 Å². The van der Waals surface area contributed by atoms with E-state index in [4.69, 9.17) is 8.83 Å². The Morgan fingerprint density at radius 1 is 0.176 bits per heavy atom. The minimum Gasteiger partial charge on any atom is -0.456 e. The molecule has 0 bridgehead atoms. The lowest BCUT2D eigenvalue weighted by molar-refractivity contribution is 0.668. The lowest BCUT2D eigenvalue weighted by atomic mass is 9.81. The maximum Gasteiger partial charge on any atom is 0.135 e. The van der Waals surface area contributed by atoms with Crippen LogP contribution in [0.1, 0.15) is 0 Å². The zero-order valence-corrected chi connectivity index (χ0v) is 40.1. The first-order valence-electron chi connectivity index (χ1n) is 25.5. The molecule has 0 atom stereocenters. The van der Waals surface area contributed by atoms with Crippen molar-refractivity contribution >= 4 is 109 Å². The molecule has 74 heavy (non-hydrogen) atoms. The smallest absolute Gasteiger partial charge is 0.135 e. The van der Waals surface area contributed by atoms with Crippen molar-refractivity contribution in [1.82, 2.24) is 0 Å². The first kappa shape index (κ1) is 40.9. The third kappa shape index (κ3) is 6.06. The van der Waals surface area contributed by atoms with Crippen LogP contribution in [-0.2, 0) is 0 Å². The van der Waals surface area contributed by atoms with Gasteiger partial charge in [-0.05, 0) is 169 Å². The van der Waals surface area contributed by atoms with E-state index in [1.54, 1.807) is 0 Å². The molecule has 0 spiro atoms. The summed E-state index contributed by atoms with van der Waals surface area (Å²) in [6.07, 6.45) is 0. The fourth-order valence-electron chi connectivity index (χ4n) is 12.6. The van der Waals surface area contributed by atoms with E-state index in [0.717, 1.165) is 55.0 Å². The molecule has 0 radical (unpaired) electrons. The summed E-state index contributed by atoms with van der Waals surface area (Å²) in [4.78, 5) is 0. The summed E-state index contributed by atoms with van der Waals surface area (Å²) in [5.41, 5.74) is 15.5. The number of benzene rings is 14. The van der Waals surface area contributed by atoms with Gasteiger partial charge in [-0.25, -0.2) is 0 Å². The molecule has 342 valence electrons. The molecule has 0 saturated heterocycles. The van der Waals surface area contributed by atoms with Gasteiger partial charge in [0.1, 0.15) is 22.3 Å². The Kier molecular flexibility index (Phi) is 8.78. The average Bonchev–Trinajstić information content (AvgIpc) is 4.03. The number of hydrogen-bond acceptors (Lipinski definition) is 2. The topological polar surface area (TPSA) is 26.3 Å². The largest absolute Gasteiger partial charge is 0.456 e. The number of furan rings is 2. The summed E-state index contributed by atoms with van der Waals surface area (Å²) in [6, 6.07) is 93.8. The van der Waals surface area contributed by atoms with Gasteiger partial charge in [-0.1, -0.05) is 206 Å². The predicted octanol–water partition coefficient (Wildman–Crippen LogP) is 20.7. The molecule has 0 aliphatic rings. The zero-order valence-electron chi connectivity index (χ0n) is 40.1. The van der Waals surface area contributed by atoms with Crippen molar-refractivity contribution < 1.29 is 8.83 Å². The SMILES string of the molecule is c1ccc2c(-c3cccc4c(-c5c6cccc(-c7ccc8oc9ccccc9c8c7)c6cc6c(-c7ccc8oc9ccccc9c8c7)cccc56)c5cccc(-c6cccc7ccccc67)c5cc34)cccc2c1. The van der Waals surface area contributed by atoms with Crippen LogP contribution in [0, 0.1) is 0 Å². The van der Waals surface area contributed by atoms with E-state index in [-0.39, 0.29) is 0 Å². The van der Waals surface area contributed by atoms with E-state index in [9.17, 15) is 0 Å². The third-order valence-electron chi connectivity index (χ3n) is 15.9. The zero-order chi connectivity index (χ0) is 48.4. The van der Waals surface area contributed by atoms with Crippen LogP contribution in [0.3, 0.4) is 0 Å². The van der Waals surface area contributed by atoms with Crippen LogP contribution in [0.4, 0.5) is 0 Å². The molecule has 16 aromatic rings. The second-order valence-corrected chi connectivity index (χ2v) is 19.8. The molecule has 0 aliphatic heterocycles. The summed E-state index contributed by atoms with van der Waals surface area (Å²) >= 11 is 0. The van der Waals surface area contributed by atoms with Crippen LogP contribution in [0.15, 0.2) is 264 Å². The molecule has 2 heteroatoms. The highest BCUT2D eigenvalue weighted by molar-refractivity contribution is 6.29. The molecular formula is C72H42O2. The molecule has 14 aromatic carbocycles. The fraction of sp³-hybridized carbons (Fsp3) is 0. The van der Waals surface area contributed by atoms with Gasteiger partial charge < -0.3 is 8.83 Å². The van der Waals surface area contributed by atoms with Crippen LogP contribution < -0.4 is 0 Å². The Hall–Kier alpha value is -9.76. The highest BCUT2D eigenvalue weighted by Crippen LogP contribution is 2.51. The van der Waals surface area contributed by atoms with Gasteiger partial charge in [0.05, 0.1) is 0 Å². The Morgan fingerprint density at radius 2 is 0.473 bits per heavy atom. The summed E-state index contributed by atoms with van der Waals surface area (Å²) in [6.45, 7) is 0. The normalized spacial score (nSPS) is 12.1. The minimum absolute atomic E-state index is 0.886. The van der Waals surface area contributed by atoms with E-state index < -0.39 is 0 Å². The highest BCUT2D eigenvalue weighted by Gasteiger charge is 2.23. The van der Waals surface area contributed by atoms with Crippen molar-refractivity contribution in [2.75, 3.05) is 0 Å². The molecule has 0 aliphatic carbocycles. The summed E-state index contributed by atoms with van der Waals surface area (Å²) in [5, 5.41) is 19.0. The van der Waals surface area contributed by atoms with Crippen LogP contribution >= 0.6 is 0 Å². The van der Waals surface area contributed by atoms with Crippen molar-refractivity contribution in [2.24, 2.45) is 0 Å². The van der Waals surface area contributed by atoms with Crippen LogP contribution in [-0.4, -0.2) is 0 Å². The van der Waals surface area contributed by atoms with Gasteiger partial charge in [0.25, 0.3) is 0 Å². The van der Waals surface area contributed by atoms with Crippen molar-refractivity contribution in [3.63, 3.8) is 0 Å². The minimum atomic E-state index is 0.886. The van der Waals surface area contributed by atoms with Gasteiger partial charge >= 0.3 is 0 Å². The van der Waals surface area contributed by atoms with Gasteiger partial charge in [0.2, 0.25) is 0 Å². The first-order valence-corrected chi connectivity index (χ1v) is 25.5. The second kappa shape index (κ2) is 15.9. The van der Waals surface area contributed by atoms with E-state index in [1.807, 2.05) is 12.1 Å². The maximum atomic E-state index is 6.39. The average molecular weight is 939 g/mol. The molecule has 2 heterocycles. The standard InChI is InChI=1S/C72H42O2/c1-3-19-47-43(15-1)17-9-25-51(47)53-27-13-31-59-63(53)42-64-54(52-26-10-18-44-16-2-4-20-48(44)52)28-14-32-60(64)72(59)71-57-29-11-23-49(45-35-37-69-65(39-45)55-21-5-7-33-67(55)73-69)61(57)41-62-50(24-12-30-58(62)71)46-36-38-70-66(40-46)56-22-6-8-34-68(56)74-70/h1-42H. The second-order valence-electron chi connectivity index (χ2n) is 19.8. The molecule has 0 N–H and O–H groups in total. The Bertz CT molecular complexity index is 4710. The van der Waals surface area contributed by atoms with Crippen LogP contribution in [0.5, 0.6) is 0 Å². The number of rotatable bonds is 5. The Labute approximate surface area is 425 Å². The number of fused-ring (bicyclic) bond motifs is 12. The molecule has 0 saturated carbocycles. The monoisotopic (exact) mass is 938 g/mol. The summed E-state index contributed by atoms with van der Waals surface area (Å²) < 4.78 is 12.8. The number of para-hydroxylation sites is 2. The van der Waals surface area contributed by atoms with Gasteiger partial charge in [-0.2, -0.15) is 0 Å². The Balaban J connectivity index is 1.07. The highest BCUT2D eigenvalue weighted by atomic mass is 16.3. The van der Waals surface area contributed by atoms with Crippen LogP contribution in [0.2, 0.25) is 0 Å². The quantitative estimate of drug-likeness (QED) is 0.161. The fourth-order valence-corrected chi connectivity index (χ4v) is 12.6. The third-order valence-corrected chi connectivity index (χ3v) is 15.9. The van der Waals surface area contributed by atoms with Crippen molar-refractivity contribution in [3.05, 3.63) is 255 Å². The summed E-state index contributed by atoms with van der Waals surface area (Å²) in [5.74, 6) is 0. The Morgan fingerprint density at radius 3 is 0.905 bits per heavy atom. The molecular weight excluding hydrogens is 897 g/mol. The van der Waals surface area contributed by atoms with E-state index >= 15 is 0 Å². The number of hydrogen-bond donors (Lipinski definition) is 0. The summed E-state index contributed by atoms with van der Waals surface area (Å²) in [7, 11) is 0. The predicted molar refractivity (Wildman–Crippen MR) is 313 cm³/mol. The van der Waals surface area contributed by atoms with Gasteiger partial charge in [0.15, 0.2) is 0 Å². The lowest BCUT2D eigenvalue weighted by Gasteiger charge is -2.22. The first-order chi connectivity index (χ1) is 36.7. The molecule has 16 rings (SSSR count). The molecule has 2 nitrogen and oxygen atoms in total. The van der Waals surface area contributed by atoms with E-state index in [0.29, 0.717) is 0 Å². The van der Waals surface area contributed by atoms with Gasteiger partial charge in [-0.3, -0.25) is 0 Å². The molecule has 0 unspecified atom stereocenters.